The second-order valence-electron chi connectivity index (χ2n) is 2.71. The largest absolute Gasteiger partial charge is 0.0950 e. The first-order valence-corrected chi connectivity index (χ1v) is 3.60. The normalized spacial score (nSPS) is 10.8. The van der Waals surface area contributed by atoms with Crippen LogP contribution in [-0.4, -0.2) is 0 Å². The van der Waals surface area contributed by atoms with Crippen molar-refractivity contribution < 1.29 is 0 Å². The smallest absolute Gasteiger partial charge is 0.0219 e. The van der Waals surface area contributed by atoms with Crippen LogP contribution in [0.4, 0.5) is 0 Å². The Morgan fingerprint density at radius 1 is 1.30 bits per heavy atom. The molecule has 0 spiro atoms. The quantitative estimate of drug-likeness (QED) is 0.522. The van der Waals surface area contributed by atoms with Gasteiger partial charge in [-0.25, -0.2) is 0 Å². The van der Waals surface area contributed by atoms with E-state index in [1.165, 1.54) is 0 Å². The minimum atomic E-state index is 0.503. The first kappa shape index (κ1) is 9.22. The predicted molar refractivity (Wildman–Crippen MR) is 47.9 cm³/mol. The Kier molecular flexibility index (Phi) is 3.78. The maximum absolute atomic E-state index is 3.92. The molecular weight excluding hydrogens is 120 g/mol. The maximum atomic E-state index is 3.92. The molecule has 0 aliphatic heterocycles. The predicted octanol–water partition coefficient (Wildman–Crippen LogP) is 3.33. The van der Waals surface area contributed by atoms with E-state index in [-0.39, 0.29) is 0 Å². The van der Waals surface area contributed by atoms with Gasteiger partial charge in [0.2, 0.25) is 0 Å². The third-order valence-corrected chi connectivity index (χ3v) is 1.48. The Labute approximate surface area is 64.0 Å². The standard InChI is InChI=1S/C10H16/c1-6-7-9(4)10(5)8(2)3/h6-8H,4-5H2,1-3H3/b7-6-. The van der Waals surface area contributed by atoms with Crippen LogP contribution < -0.4 is 0 Å². The summed E-state index contributed by atoms with van der Waals surface area (Å²) in [4.78, 5) is 0. The second-order valence-corrected chi connectivity index (χ2v) is 2.71. The molecule has 0 saturated carbocycles. The summed E-state index contributed by atoms with van der Waals surface area (Å²) in [7, 11) is 0. The molecule has 10 heavy (non-hydrogen) atoms. The van der Waals surface area contributed by atoms with Gasteiger partial charge in [0.25, 0.3) is 0 Å². The van der Waals surface area contributed by atoms with Crippen LogP contribution >= 0.6 is 0 Å². The lowest BCUT2D eigenvalue weighted by atomic mass is 9.98. The molecule has 0 saturated heterocycles. The van der Waals surface area contributed by atoms with Gasteiger partial charge in [-0.1, -0.05) is 39.2 Å². The average Bonchev–Trinajstić information content (AvgIpc) is 1.87. The highest BCUT2D eigenvalue weighted by atomic mass is 14.0. The van der Waals surface area contributed by atoms with Gasteiger partial charge in [0.05, 0.1) is 0 Å². The van der Waals surface area contributed by atoms with Crippen molar-refractivity contribution in [2.75, 3.05) is 0 Å². The Balaban J connectivity index is 4.09. The molecule has 0 unspecified atom stereocenters. The number of hydrogen-bond acceptors (Lipinski definition) is 0. The molecule has 0 amide bonds. The zero-order valence-electron chi connectivity index (χ0n) is 7.15. The van der Waals surface area contributed by atoms with Crippen LogP contribution in [0.5, 0.6) is 0 Å². The average molecular weight is 136 g/mol. The number of rotatable bonds is 3. The molecule has 0 aromatic carbocycles. The van der Waals surface area contributed by atoms with E-state index in [1.54, 1.807) is 0 Å². The third kappa shape index (κ3) is 2.67. The van der Waals surface area contributed by atoms with Crippen molar-refractivity contribution in [3.63, 3.8) is 0 Å². The van der Waals surface area contributed by atoms with Crippen molar-refractivity contribution in [1.29, 1.82) is 0 Å². The molecule has 0 nitrogen and oxygen atoms in total. The molecule has 0 aliphatic rings. The Morgan fingerprint density at radius 3 is 2.10 bits per heavy atom. The minimum Gasteiger partial charge on any atom is -0.0950 e. The van der Waals surface area contributed by atoms with Gasteiger partial charge in [0, 0.05) is 0 Å². The van der Waals surface area contributed by atoms with Gasteiger partial charge in [0.1, 0.15) is 0 Å². The zero-order valence-corrected chi connectivity index (χ0v) is 7.15. The fourth-order valence-electron chi connectivity index (χ4n) is 0.679. The monoisotopic (exact) mass is 136 g/mol. The van der Waals surface area contributed by atoms with Crippen molar-refractivity contribution in [2.24, 2.45) is 5.92 Å². The van der Waals surface area contributed by atoms with Crippen LogP contribution in [0.25, 0.3) is 0 Å². The highest BCUT2D eigenvalue weighted by Crippen LogP contribution is 2.15. The third-order valence-electron chi connectivity index (χ3n) is 1.48. The molecule has 56 valence electrons. The van der Waals surface area contributed by atoms with Crippen molar-refractivity contribution in [3.8, 4) is 0 Å². The molecule has 0 aromatic rings. The lowest BCUT2D eigenvalue weighted by Gasteiger charge is -2.07. The van der Waals surface area contributed by atoms with Crippen LogP contribution in [0.15, 0.2) is 36.5 Å². The van der Waals surface area contributed by atoms with Gasteiger partial charge in [0.15, 0.2) is 0 Å². The summed E-state index contributed by atoms with van der Waals surface area (Å²) in [5.74, 6) is 0.503. The summed E-state index contributed by atoms with van der Waals surface area (Å²) in [5.41, 5.74) is 2.16. The van der Waals surface area contributed by atoms with Gasteiger partial charge in [-0.2, -0.15) is 0 Å². The number of hydrogen-bond donors (Lipinski definition) is 0. The van der Waals surface area contributed by atoms with Crippen LogP contribution in [0.1, 0.15) is 20.8 Å². The van der Waals surface area contributed by atoms with Crippen molar-refractivity contribution in [2.45, 2.75) is 20.8 Å². The molecular formula is C10H16. The minimum absolute atomic E-state index is 0.503. The topological polar surface area (TPSA) is 0 Å². The van der Waals surface area contributed by atoms with E-state index >= 15 is 0 Å². The van der Waals surface area contributed by atoms with Crippen molar-refractivity contribution in [1.82, 2.24) is 0 Å². The maximum Gasteiger partial charge on any atom is -0.0219 e. The van der Waals surface area contributed by atoms with Gasteiger partial charge >= 0.3 is 0 Å². The van der Waals surface area contributed by atoms with Crippen LogP contribution in [0.3, 0.4) is 0 Å². The summed E-state index contributed by atoms with van der Waals surface area (Å²) >= 11 is 0. The highest BCUT2D eigenvalue weighted by Gasteiger charge is 1.99. The highest BCUT2D eigenvalue weighted by molar-refractivity contribution is 5.35. The van der Waals surface area contributed by atoms with Crippen LogP contribution in [-0.2, 0) is 0 Å². The Hall–Kier alpha value is -0.780. The van der Waals surface area contributed by atoms with E-state index in [9.17, 15) is 0 Å². The lowest BCUT2D eigenvalue weighted by Crippen LogP contribution is -1.92. The van der Waals surface area contributed by atoms with E-state index in [1.807, 2.05) is 19.1 Å². The lowest BCUT2D eigenvalue weighted by molar-refractivity contribution is 0.787. The molecule has 0 fully saturated rings. The zero-order chi connectivity index (χ0) is 8.15. The molecule has 0 radical (unpaired) electrons. The Morgan fingerprint density at radius 2 is 1.80 bits per heavy atom. The van der Waals surface area contributed by atoms with E-state index in [4.69, 9.17) is 0 Å². The SMILES string of the molecule is C=C(/C=C\C)C(=C)C(C)C. The second kappa shape index (κ2) is 4.10. The van der Waals surface area contributed by atoms with Crippen molar-refractivity contribution in [3.05, 3.63) is 36.5 Å². The van der Waals surface area contributed by atoms with E-state index in [2.05, 4.69) is 27.0 Å². The fourth-order valence-corrected chi connectivity index (χ4v) is 0.679. The fraction of sp³-hybridized carbons (Fsp3) is 0.400. The van der Waals surface area contributed by atoms with Gasteiger partial charge in [-0.05, 0) is 24.0 Å². The molecule has 0 atom stereocenters. The first-order chi connectivity index (χ1) is 4.59. The molecule has 0 rings (SSSR count). The summed E-state index contributed by atoms with van der Waals surface area (Å²) in [5, 5.41) is 0. The molecule has 0 bridgehead atoms. The van der Waals surface area contributed by atoms with E-state index in [0.29, 0.717) is 5.92 Å². The van der Waals surface area contributed by atoms with Gasteiger partial charge in [-0.3, -0.25) is 0 Å². The molecule has 0 aromatic heterocycles. The van der Waals surface area contributed by atoms with Crippen LogP contribution in [0.2, 0.25) is 0 Å². The Bertz CT molecular complexity index is 159. The summed E-state index contributed by atoms with van der Waals surface area (Å²) < 4.78 is 0. The summed E-state index contributed by atoms with van der Waals surface area (Å²) in [6.45, 7) is 14.0. The first-order valence-electron chi connectivity index (χ1n) is 3.60. The summed E-state index contributed by atoms with van der Waals surface area (Å²) in [6, 6.07) is 0. The molecule has 0 heterocycles. The van der Waals surface area contributed by atoms with E-state index < -0.39 is 0 Å². The molecule has 0 aliphatic carbocycles. The van der Waals surface area contributed by atoms with Gasteiger partial charge in [-0.15, -0.1) is 0 Å². The van der Waals surface area contributed by atoms with Crippen LogP contribution in [0, 0.1) is 5.92 Å². The van der Waals surface area contributed by atoms with Gasteiger partial charge < -0.3 is 0 Å². The molecule has 0 heteroatoms. The number of allylic oxidation sites excluding steroid dienone is 4. The molecule has 0 N–H and O–H groups in total. The summed E-state index contributed by atoms with van der Waals surface area (Å²) in [6.07, 6.45) is 3.97. The van der Waals surface area contributed by atoms with E-state index in [0.717, 1.165) is 11.1 Å². The van der Waals surface area contributed by atoms with Crippen molar-refractivity contribution >= 4 is 0 Å².